The molecule has 90 heavy (non-hydrogen) atoms. The summed E-state index contributed by atoms with van der Waals surface area (Å²) in [5.41, 5.74) is 12.8. The zero-order valence-electron chi connectivity index (χ0n) is 55.0. The maximum atomic E-state index is 13.2. The molecule has 10 rings (SSSR count). The maximum absolute atomic E-state index is 13.2. The van der Waals surface area contributed by atoms with E-state index in [2.05, 4.69) is 216 Å². The molecule has 0 saturated carbocycles. The summed E-state index contributed by atoms with van der Waals surface area (Å²) in [6.45, 7) is 18.6. The van der Waals surface area contributed by atoms with E-state index in [9.17, 15) is 10.2 Å². The summed E-state index contributed by atoms with van der Waals surface area (Å²) >= 11 is 14.6. The van der Waals surface area contributed by atoms with Gasteiger partial charge in [-0.1, -0.05) is 343 Å². The minimum Gasteiger partial charge on any atom is -0.376 e. The predicted octanol–water partition coefficient (Wildman–Crippen LogP) is 26.0. The minimum absolute atomic E-state index is 0.578. The molecule has 9 aromatic carbocycles. The van der Waals surface area contributed by atoms with Crippen molar-refractivity contribution in [2.45, 2.75) is 195 Å². The fourth-order valence-electron chi connectivity index (χ4n) is 14.6. The zero-order valence-corrected chi connectivity index (χ0v) is 61.4. The first-order valence-corrected chi connectivity index (χ1v) is 37.6. The van der Waals surface area contributed by atoms with Crippen LogP contribution < -0.4 is 0 Å². The first-order chi connectivity index (χ1) is 43.7. The number of hydrogen-bond acceptors (Lipinski definition) is 2. The fraction of sp³-hybridized carbons (Fsp3) is 0.405. The van der Waals surface area contributed by atoms with Gasteiger partial charge in [-0.15, -0.1) is 0 Å². The van der Waals surface area contributed by atoms with Crippen LogP contribution in [0.5, 0.6) is 0 Å². The Morgan fingerprint density at radius 1 is 0.311 bits per heavy atom. The lowest BCUT2D eigenvalue weighted by Gasteiger charge is -2.46. The lowest BCUT2D eigenvalue weighted by Crippen LogP contribution is -2.44. The fourth-order valence-corrected chi connectivity index (χ4v) is 15.7. The SMILES string of the molecule is CCCCC(CC)Cc1cc2c(-c3ccc(Br)cc3)c3ccccc3c(-c3ccc(Br)cc3)c2cc1CC(CC)CCCC.CCCCC(CC)Cc1cc2c(cc1CC(CC)CCCC)C(O)(c1ccc(Br)cc1)c1ccccc1C2(O)c1ccc(Br)cc1. The molecule has 0 aliphatic heterocycles. The summed E-state index contributed by atoms with van der Waals surface area (Å²) in [7, 11) is 0. The third-order valence-electron chi connectivity index (χ3n) is 20.2. The van der Waals surface area contributed by atoms with Gasteiger partial charge in [-0.25, -0.2) is 0 Å². The molecule has 0 radical (unpaired) electrons. The van der Waals surface area contributed by atoms with Crippen LogP contribution in [0.4, 0.5) is 0 Å². The average molecular weight is 1460 g/mol. The Morgan fingerprint density at radius 3 is 0.856 bits per heavy atom. The van der Waals surface area contributed by atoms with Crippen molar-refractivity contribution in [1.29, 1.82) is 0 Å². The van der Waals surface area contributed by atoms with Crippen molar-refractivity contribution in [3.05, 3.63) is 243 Å². The topological polar surface area (TPSA) is 40.5 Å². The van der Waals surface area contributed by atoms with Crippen molar-refractivity contribution in [1.82, 2.24) is 0 Å². The van der Waals surface area contributed by atoms with Crippen LogP contribution >= 0.6 is 63.7 Å². The molecule has 1 aliphatic rings. The molecule has 0 bridgehead atoms. The van der Waals surface area contributed by atoms with Crippen molar-refractivity contribution in [2.75, 3.05) is 0 Å². The van der Waals surface area contributed by atoms with E-state index in [1.165, 1.54) is 158 Å². The molecular weight excluding hydrogens is 1360 g/mol. The third-order valence-corrected chi connectivity index (χ3v) is 22.3. The zero-order chi connectivity index (χ0) is 64.0. The van der Waals surface area contributed by atoms with Gasteiger partial charge in [-0.2, -0.15) is 0 Å². The Kier molecular flexibility index (Phi) is 25.5. The number of unbranched alkanes of at least 4 members (excludes halogenated alkanes) is 4. The second kappa shape index (κ2) is 32.9. The van der Waals surface area contributed by atoms with Gasteiger partial charge >= 0.3 is 0 Å². The van der Waals surface area contributed by atoms with E-state index in [1.54, 1.807) is 11.1 Å². The number of benzene rings is 9. The highest BCUT2D eigenvalue weighted by Gasteiger charge is 2.51. The van der Waals surface area contributed by atoms with E-state index in [4.69, 9.17) is 0 Å². The quantitative estimate of drug-likeness (QED) is 0.0480. The van der Waals surface area contributed by atoms with Crippen LogP contribution in [0.15, 0.2) is 188 Å². The van der Waals surface area contributed by atoms with Crippen LogP contribution in [0, 0.1) is 23.7 Å². The van der Waals surface area contributed by atoms with E-state index < -0.39 is 11.2 Å². The van der Waals surface area contributed by atoms with Gasteiger partial charge in [0.1, 0.15) is 11.2 Å². The minimum atomic E-state index is -1.43. The van der Waals surface area contributed by atoms with Crippen LogP contribution in [0.3, 0.4) is 0 Å². The van der Waals surface area contributed by atoms with Crippen LogP contribution in [-0.4, -0.2) is 10.2 Å². The Balaban J connectivity index is 0.000000214. The van der Waals surface area contributed by atoms with Crippen LogP contribution in [-0.2, 0) is 36.9 Å². The van der Waals surface area contributed by atoms with Crippen molar-refractivity contribution < 1.29 is 10.2 Å². The average Bonchev–Trinajstić information content (AvgIpc) is 0.706. The van der Waals surface area contributed by atoms with E-state index in [0.717, 1.165) is 88.8 Å². The van der Waals surface area contributed by atoms with Gasteiger partial charge in [-0.3, -0.25) is 0 Å². The summed E-state index contributed by atoms with van der Waals surface area (Å²) in [4.78, 5) is 0. The van der Waals surface area contributed by atoms with Crippen molar-refractivity contribution >= 4 is 85.3 Å². The van der Waals surface area contributed by atoms with Gasteiger partial charge in [0.05, 0.1) is 0 Å². The first kappa shape index (κ1) is 69.7. The van der Waals surface area contributed by atoms with Crippen molar-refractivity contribution in [3.63, 3.8) is 0 Å². The molecule has 474 valence electrons. The van der Waals surface area contributed by atoms with E-state index >= 15 is 0 Å². The lowest BCUT2D eigenvalue weighted by molar-refractivity contribution is 0.0745. The summed E-state index contributed by atoms with van der Waals surface area (Å²) in [5, 5.41) is 31.9. The van der Waals surface area contributed by atoms with Crippen molar-refractivity contribution in [3.8, 4) is 22.3 Å². The van der Waals surface area contributed by atoms with Gasteiger partial charge in [0, 0.05) is 17.9 Å². The van der Waals surface area contributed by atoms with Crippen LogP contribution in [0.1, 0.15) is 214 Å². The Labute approximate surface area is 575 Å². The number of aliphatic hydroxyl groups is 2. The lowest BCUT2D eigenvalue weighted by atomic mass is 9.62. The van der Waals surface area contributed by atoms with E-state index in [0.29, 0.717) is 11.8 Å². The van der Waals surface area contributed by atoms with E-state index in [1.807, 2.05) is 72.8 Å². The molecule has 0 fully saturated rings. The molecular formula is C84H98Br4O2. The normalized spacial score (nSPS) is 16.7. The molecule has 0 saturated heterocycles. The Morgan fingerprint density at radius 2 is 0.578 bits per heavy atom. The molecule has 2 N–H and O–H groups in total. The highest BCUT2D eigenvalue weighted by molar-refractivity contribution is 9.11. The van der Waals surface area contributed by atoms with Gasteiger partial charge in [0.15, 0.2) is 0 Å². The summed E-state index contributed by atoms with van der Waals surface area (Å²) in [6.07, 6.45) is 24.1. The van der Waals surface area contributed by atoms with Crippen LogP contribution in [0.2, 0.25) is 0 Å². The molecule has 6 heteroatoms. The largest absolute Gasteiger partial charge is 0.376 e. The molecule has 6 unspecified atom stereocenters. The smallest absolute Gasteiger partial charge is 0.141 e. The summed E-state index contributed by atoms with van der Waals surface area (Å²) in [6, 6.07) is 60.7. The monoisotopic (exact) mass is 1450 g/mol. The molecule has 1 aliphatic carbocycles. The predicted molar refractivity (Wildman–Crippen MR) is 401 cm³/mol. The highest BCUT2D eigenvalue weighted by atomic mass is 79.9. The van der Waals surface area contributed by atoms with Gasteiger partial charge in [-0.05, 0) is 197 Å². The van der Waals surface area contributed by atoms with E-state index in [-0.39, 0.29) is 0 Å². The summed E-state index contributed by atoms with van der Waals surface area (Å²) < 4.78 is 4.16. The standard InChI is InChI=1S/C42H50Br2O2.C42H48Br2/c1-5-9-13-29(7-3)25-31-27-39-40(28-32(31)26-30(8-4)14-10-6-2)42(46,34-19-23-36(44)24-20-34)38-16-12-11-15-37(38)41(39,45)33-17-21-35(43)22-18-33;1-5-9-13-29(7-3)25-33-27-39-40(28-34(33)26-30(8-4)14-10-6-2)42(32-19-23-36(44)24-20-32)38-16-12-11-15-37(38)41(39)31-17-21-35(43)22-18-31/h11-12,15-24,27-30,45-46H,5-10,13-14,25-26H2,1-4H3;11-12,15-24,27-30H,5-10,13-14,25-26H2,1-4H3. The second-order valence-electron chi connectivity index (χ2n) is 26.1. The molecule has 0 aromatic heterocycles. The summed E-state index contributed by atoms with van der Waals surface area (Å²) in [5.74, 6) is 2.61. The second-order valence-corrected chi connectivity index (χ2v) is 29.8. The highest BCUT2D eigenvalue weighted by Crippen LogP contribution is 2.55. The first-order valence-electron chi connectivity index (χ1n) is 34.4. The third kappa shape index (κ3) is 15.8. The van der Waals surface area contributed by atoms with Gasteiger partial charge in [0.25, 0.3) is 0 Å². The Bertz CT molecular complexity index is 3510. The number of fused-ring (bicyclic) bond motifs is 4. The maximum Gasteiger partial charge on any atom is 0.141 e. The molecule has 0 spiro atoms. The number of hydrogen-bond donors (Lipinski definition) is 2. The van der Waals surface area contributed by atoms with Gasteiger partial charge in [0.2, 0.25) is 0 Å². The molecule has 0 amide bonds. The van der Waals surface area contributed by atoms with Gasteiger partial charge < -0.3 is 10.2 Å². The van der Waals surface area contributed by atoms with Crippen LogP contribution in [0.25, 0.3) is 43.8 Å². The molecule has 2 nitrogen and oxygen atoms in total. The molecule has 0 heterocycles. The Hall–Kier alpha value is -4.66. The molecule has 6 atom stereocenters. The molecule has 9 aromatic rings. The van der Waals surface area contributed by atoms with Crippen molar-refractivity contribution in [2.24, 2.45) is 23.7 Å². The number of halogens is 4. The number of rotatable bonds is 28.